The van der Waals surface area contributed by atoms with Gasteiger partial charge in [0.2, 0.25) is 0 Å². The van der Waals surface area contributed by atoms with E-state index in [1.807, 2.05) is 0 Å². The number of likely N-dealkylation sites (tertiary alicyclic amines) is 1. The van der Waals surface area contributed by atoms with Crippen molar-refractivity contribution in [3.8, 4) is 0 Å². The fourth-order valence-corrected chi connectivity index (χ4v) is 4.67. The van der Waals surface area contributed by atoms with E-state index in [9.17, 15) is 19.2 Å². The predicted molar refractivity (Wildman–Crippen MR) is 119 cm³/mol. The Morgan fingerprint density at radius 3 is 2.55 bits per heavy atom. The summed E-state index contributed by atoms with van der Waals surface area (Å²) in [5, 5.41) is 2.05. The molecule has 0 spiro atoms. The van der Waals surface area contributed by atoms with Gasteiger partial charge in [0, 0.05) is 51.4 Å². The number of benzene rings is 1. The molecule has 0 saturated carbocycles. The number of Topliss-reactive ketones (excluding diaryl/α,β-unsaturated/α-hetero) is 2. The second kappa shape index (κ2) is 10.3. The first-order valence-electron chi connectivity index (χ1n) is 11.0. The molecule has 0 radical (unpaired) electrons. The third kappa shape index (κ3) is 5.63. The minimum absolute atomic E-state index is 0.0436. The molecule has 2 fully saturated rings. The molecule has 0 aliphatic carbocycles. The molecule has 3 heterocycles. The van der Waals surface area contributed by atoms with Gasteiger partial charge in [0.15, 0.2) is 12.0 Å². The summed E-state index contributed by atoms with van der Waals surface area (Å²) in [6, 6.07) is 3.81. The number of hydroxylamine groups is 2. The number of esters is 1. The van der Waals surface area contributed by atoms with Gasteiger partial charge in [0.1, 0.15) is 11.8 Å². The Kier molecular flexibility index (Phi) is 7.48. The molecular weight excluding hydrogens is 471 g/mol. The van der Waals surface area contributed by atoms with E-state index in [4.69, 9.17) is 32.8 Å². The van der Waals surface area contributed by atoms with Gasteiger partial charge in [-0.25, -0.2) is 9.59 Å². The minimum atomic E-state index is -1.06. The molecule has 0 aromatic heterocycles. The number of fused-ring (bicyclic) bond motifs is 1. The summed E-state index contributed by atoms with van der Waals surface area (Å²) in [5.41, 5.74) is 0.523. The lowest BCUT2D eigenvalue weighted by Crippen LogP contribution is -2.51. The molecule has 8 nitrogen and oxygen atoms in total. The maximum Gasteiger partial charge on any atom is 0.355 e. The summed E-state index contributed by atoms with van der Waals surface area (Å²) < 4.78 is 5.47. The molecule has 1 aromatic carbocycles. The quantitative estimate of drug-likeness (QED) is 0.576. The Bertz CT molecular complexity index is 1000. The van der Waals surface area contributed by atoms with Crippen LogP contribution in [0.2, 0.25) is 10.0 Å². The topological polar surface area (TPSA) is 93.2 Å². The second-order valence-corrected chi connectivity index (χ2v) is 9.19. The maximum absolute atomic E-state index is 13.5. The zero-order valence-corrected chi connectivity index (χ0v) is 19.4. The van der Waals surface area contributed by atoms with Gasteiger partial charge in [-0.15, -0.1) is 0 Å². The smallest absolute Gasteiger partial charge is 0.355 e. The maximum atomic E-state index is 13.5. The Morgan fingerprint density at radius 2 is 1.82 bits per heavy atom. The number of ketones is 2. The van der Waals surface area contributed by atoms with Crippen molar-refractivity contribution >= 4 is 46.7 Å². The molecule has 3 aliphatic heterocycles. The lowest BCUT2D eigenvalue weighted by atomic mass is 9.93. The fourth-order valence-electron chi connectivity index (χ4n) is 4.35. The molecule has 0 bridgehead atoms. The van der Waals surface area contributed by atoms with Gasteiger partial charge in [-0.2, -0.15) is 0 Å². The highest BCUT2D eigenvalue weighted by Gasteiger charge is 2.40. The van der Waals surface area contributed by atoms with Crippen LogP contribution in [0.4, 0.5) is 0 Å². The van der Waals surface area contributed by atoms with Crippen LogP contribution in [0.3, 0.4) is 0 Å². The van der Waals surface area contributed by atoms with Crippen molar-refractivity contribution in [3.05, 3.63) is 45.5 Å². The lowest BCUT2D eigenvalue weighted by Gasteiger charge is -2.37. The molecular formula is C23H24Cl2N2O6. The summed E-state index contributed by atoms with van der Waals surface area (Å²) in [6.07, 6.45) is 3.13. The van der Waals surface area contributed by atoms with Crippen LogP contribution in [0.1, 0.15) is 37.7 Å². The lowest BCUT2D eigenvalue weighted by molar-refractivity contribution is -0.248. The normalized spacial score (nSPS) is 25.1. The first-order valence-corrected chi connectivity index (χ1v) is 11.7. The summed E-state index contributed by atoms with van der Waals surface area (Å²) in [7, 11) is 0. The standard InChI is InChI=1S/C23H24Cl2N2O6/c24-17-5-4-14(11-18(17)25)12-19(29)22(26-9-6-15(28)7-10-26)16-13-21(30)32-20-3-1-2-8-27(20)33-23(16)31/h4-5,11,13,20,22H,1-3,6-10,12H2/b16-13-. The third-order valence-corrected chi connectivity index (χ3v) is 6.78. The van der Waals surface area contributed by atoms with Gasteiger partial charge in [-0.1, -0.05) is 34.3 Å². The zero-order valence-electron chi connectivity index (χ0n) is 17.9. The van der Waals surface area contributed by atoms with Crippen molar-refractivity contribution in [2.24, 2.45) is 0 Å². The average Bonchev–Trinajstić information content (AvgIpc) is 2.77. The van der Waals surface area contributed by atoms with Crippen molar-refractivity contribution in [2.45, 2.75) is 50.8 Å². The molecule has 1 aromatic rings. The second-order valence-electron chi connectivity index (χ2n) is 8.38. The van der Waals surface area contributed by atoms with E-state index in [0.717, 1.165) is 18.9 Å². The fraction of sp³-hybridized carbons (Fsp3) is 0.478. The summed E-state index contributed by atoms with van der Waals surface area (Å²) in [5.74, 6) is -1.69. The Morgan fingerprint density at radius 1 is 1.06 bits per heavy atom. The monoisotopic (exact) mass is 494 g/mol. The first kappa shape index (κ1) is 23.9. The number of hydrogen-bond donors (Lipinski definition) is 0. The van der Waals surface area contributed by atoms with Gasteiger partial charge >= 0.3 is 11.9 Å². The van der Waals surface area contributed by atoms with E-state index in [0.29, 0.717) is 41.7 Å². The van der Waals surface area contributed by atoms with Crippen LogP contribution in [0, 0.1) is 0 Å². The van der Waals surface area contributed by atoms with Crippen LogP contribution in [-0.2, 0) is 35.2 Å². The first-order chi connectivity index (χ1) is 15.8. The largest absolute Gasteiger partial charge is 0.440 e. The Labute approximate surface area is 201 Å². The van der Waals surface area contributed by atoms with Crippen LogP contribution in [0.15, 0.2) is 29.8 Å². The highest BCUT2D eigenvalue weighted by Crippen LogP contribution is 2.27. The molecule has 176 valence electrons. The number of carbonyl (C=O) groups is 4. The SMILES string of the molecule is O=C1CCN(C(C(=O)Cc2ccc(Cl)c(Cl)c2)/C2=C/C(=O)OC3CCCCN3OC2=O)CC1. The average molecular weight is 495 g/mol. The van der Waals surface area contributed by atoms with Crippen molar-refractivity contribution in [1.29, 1.82) is 0 Å². The molecule has 2 unspecified atom stereocenters. The van der Waals surface area contributed by atoms with Crippen molar-refractivity contribution in [1.82, 2.24) is 9.96 Å². The number of piperidine rings is 2. The summed E-state index contributed by atoms with van der Waals surface area (Å²) in [6.45, 7) is 1.03. The van der Waals surface area contributed by atoms with Gasteiger partial charge in [0.05, 0.1) is 15.6 Å². The Hall–Kier alpha value is -2.26. The summed E-state index contributed by atoms with van der Waals surface area (Å²) in [4.78, 5) is 58.3. The van der Waals surface area contributed by atoms with E-state index in [2.05, 4.69) is 0 Å². The van der Waals surface area contributed by atoms with Crippen LogP contribution in [0.25, 0.3) is 0 Å². The highest BCUT2D eigenvalue weighted by atomic mass is 35.5. The highest BCUT2D eigenvalue weighted by molar-refractivity contribution is 6.42. The number of halogens is 2. The van der Waals surface area contributed by atoms with E-state index in [1.165, 1.54) is 5.06 Å². The zero-order chi connectivity index (χ0) is 23.5. The van der Waals surface area contributed by atoms with E-state index in [1.54, 1.807) is 23.1 Å². The van der Waals surface area contributed by atoms with E-state index in [-0.39, 0.29) is 36.4 Å². The molecule has 2 atom stereocenters. The van der Waals surface area contributed by atoms with Crippen LogP contribution in [0.5, 0.6) is 0 Å². The van der Waals surface area contributed by atoms with Crippen molar-refractivity contribution < 1.29 is 28.8 Å². The van der Waals surface area contributed by atoms with Crippen molar-refractivity contribution in [2.75, 3.05) is 19.6 Å². The molecule has 10 heteroatoms. The number of carbonyl (C=O) groups excluding carboxylic acids is 4. The number of hydrogen-bond acceptors (Lipinski definition) is 8. The van der Waals surface area contributed by atoms with Crippen molar-refractivity contribution in [3.63, 3.8) is 0 Å². The summed E-state index contributed by atoms with van der Waals surface area (Å²) >= 11 is 12.1. The van der Waals surface area contributed by atoms with Crippen LogP contribution >= 0.6 is 23.2 Å². The molecule has 0 N–H and O–H groups in total. The number of nitrogens with zero attached hydrogens (tertiary/aromatic N) is 2. The molecule has 33 heavy (non-hydrogen) atoms. The number of ether oxygens (including phenoxy) is 1. The molecule has 0 amide bonds. The van der Waals surface area contributed by atoms with Crippen LogP contribution < -0.4 is 0 Å². The molecule has 3 aliphatic rings. The molecule has 4 rings (SSSR count). The Balaban J connectivity index is 1.65. The van der Waals surface area contributed by atoms with Gasteiger partial charge in [0.25, 0.3) is 0 Å². The molecule has 2 saturated heterocycles. The third-order valence-electron chi connectivity index (χ3n) is 6.04. The number of rotatable bonds is 5. The van der Waals surface area contributed by atoms with Gasteiger partial charge in [-0.3, -0.25) is 14.5 Å². The van der Waals surface area contributed by atoms with E-state index < -0.39 is 24.2 Å². The van der Waals surface area contributed by atoms with Gasteiger partial charge < -0.3 is 9.57 Å². The predicted octanol–water partition coefficient (Wildman–Crippen LogP) is 2.89. The minimum Gasteiger partial charge on any atom is -0.440 e. The van der Waals surface area contributed by atoms with E-state index >= 15 is 0 Å². The van der Waals surface area contributed by atoms with Crippen LogP contribution in [-0.4, -0.2) is 65.4 Å². The van der Waals surface area contributed by atoms with Gasteiger partial charge in [-0.05, 0) is 30.5 Å².